The minimum absolute atomic E-state index is 0.0887. The highest BCUT2D eigenvalue weighted by molar-refractivity contribution is 5.70. The van der Waals surface area contributed by atoms with Gasteiger partial charge in [0.1, 0.15) is 11.5 Å². The van der Waals surface area contributed by atoms with Gasteiger partial charge in [-0.1, -0.05) is 50.2 Å². The minimum atomic E-state index is -0.905. The van der Waals surface area contributed by atoms with Gasteiger partial charge >= 0.3 is 5.97 Å². The molecule has 3 N–H and O–H groups in total. The van der Waals surface area contributed by atoms with Crippen LogP contribution in [0.15, 0.2) is 48.5 Å². The third-order valence-electron chi connectivity index (χ3n) is 4.13. The van der Waals surface area contributed by atoms with Crippen LogP contribution in [0.2, 0.25) is 0 Å². The van der Waals surface area contributed by atoms with E-state index in [1.165, 1.54) is 0 Å². The van der Waals surface area contributed by atoms with Crippen LogP contribution in [0, 0.1) is 5.92 Å². The summed E-state index contributed by atoms with van der Waals surface area (Å²) in [6.45, 7) is 3.47. The molecule has 22 heavy (non-hydrogen) atoms. The molecule has 2 aromatic rings. The second-order valence-corrected chi connectivity index (χ2v) is 5.81. The molecule has 0 aliphatic heterocycles. The molecular formula is C18H20O4. The van der Waals surface area contributed by atoms with Gasteiger partial charge in [-0.25, -0.2) is 0 Å². The first-order chi connectivity index (χ1) is 10.4. The molecule has 2 aromatic carbocycles. The highest BCUT2D eigenvalue weighted by Crippen LogP contribution is 2.44. The van der Waals surface area contributed by atoms with Crippen LogP contribution in [0.1, 0.15) is 31.4 Å². The fourth-order valence-electron chi connectivity index (χ4n) is 2.95. The number of phenols is 2. The topological polar surface area (TPSA) is 77.8 Å². The Morgan fingerprint density at radius 3 is 1.77 bits per heavy atom. The summed E-state index contributed by atoms with van der Waals surface area (Å²) in [7, 11) is 0. The van der Waals surface area contributed by atoms with Gasteiger partial charge in [0.2, 0.25) is 0 Å². The summed E-state index contributed by atoms with van der Waals surface area (Å²) in [4.78, 5) is 11.3. The summed E-state index contributed by atoms with van der Waals surface area (Å²) in [6.07, 6.45) is 0.261. The lowest BCUT2D eigenvalue weighted by atomic mass is 9.70. The van der Waals surface area contributed by atoms with E-state index in [0.717, 1.165) is 0 Å². The van der Waals surface area contributed by atoms with Gasteiger partial charge in [-0.3, -0.25) is 4.79 Å². The summed E-state index contributed by atoms with van der Waals surface area (Å²) in [5.41, 5.74) is 0.392. The summed E-state index contributed by atoms with van der Waals surface area (Å²) < 4.78 is 0. The molecular weight excluding hydrogens is 280 g/mol. The third-order valence-corrected chi connectivity index (χ3v) is 4.13. The molecule has 4 nitrogen and oxygen atoms in total. The Hall–Kier alpha value is -2.49. The second-order valence-electron chi connectivity index (χ2n) is 5.81. The molecule has 0 saturated heterocycles. The molecule has 0 radical (unpaired) electrons. The lowest BCUT2D eigenvalue weighted by molar-refractivity contribution is -0.141. The van der Waals surface area contributed by atoms with Crippen LogP contribution in [0.25, 0.3) is 0 Å². The zero-order valence-electron chi connectivity index (χ0n) is 12.7. The van der Waals surface area contributed by atoms with E-state index < -0.39 is 17.3 Å². The van der Waals surface area contributed by atoms with E-state index in [0.29, 0.717) is 11.1 Å². The number of hydrogen-bond donors (Lipinski definition) is 3. The second kappa shape index (κ2) is 6.10. The summed E-state index contributed by atoms with van der Waals surface area (Å²) in [5.74, 6) is -1.35. The Labute approximate surface area is 129 Å². The predicted octanol–water partition coefficient (Wildman–Crippen LogP) is 3.51. The maximum absolute atomic E-state index is 11.3. The highest BCUT2D eigenvalue weighted by atomic mass is 16.4. The van der Waals surface area contributed by atoms with Crippen molar-refractivity contribution in [2.45, 2.75) is 25.7 Å². The minimum Gasteiger partial charge on any atom is -0.508 e. The zero-order chi connectivity index (χ0) is 16.3. The van der Waals surface area contributed by atoms with Crippen LogP contribution >= 0.6 is 0 Å². The number of para-hydroxylation sites is 2. The smallest absolute Gasteiger partial charge is 0.306 e. The van der Waals surface area contributed by atoms with E-state index >= 15 is 0 Å². The standard InChI is InChI=1S/C18H20O4/c1-12(17(21)22)11-18(2,13-7-3-5-9-15(13)19)14-8-4-6-10-16(14)20/h3-10,12,19-20H,11H2,1-2H3,(H,21,22). The zero-order valence-corrected chi connectivity index (χ0v) is 12.7. The average molecular weight is 300 g/mol. The van der Waals surface area contributed by atoms with Gasteiger partial charge in [-0.15, -0.1) is 0 Å². The molecule has 4 heteroatoms. The van der Waals surface area contributed by atoms with E-state index in [1.54, 1.807) is 55.5 Å². The average Bonchev–Trinajstić information content (AvgIpc) is 2.47. The largest absolute Gasteiger partial charge is 0.508 e. The van der Waals surface area contributed by atoms with E-state index in [1.807, 2.05) is 6.92 Å². The normalized spacial score (nSPS) is 12.8. The number of aliphatic carboxylic acids is 1. The molecule has 0 fully saturated rings. The molecule has 0 amide bonds. The number of phenolic OH excluding ortho intramolecular Hbond substituents is 2. The number of rotatable bonds is 5. The first-order valence-electron chi connectivity index (χ1n) is 7.16. The quantitative estimate of drug-likeness (QED) is 0.789. The number of aromatic hydroxyl groups is 2. The Morgan fingerprint density at radius 2 is 1.41 bits per heavy atom. The summed E-state index contributed by atoms with van der Waals surface area (Å²) in [6, 6.07) is 13.7. The van der Waals surface area contributed by atoms with Gasteiger partial charge < -0.3 is 15.3 Å². The van der Waals surface area contributed by atoms with Crippen LogP contribution in [0.4, 0.5) is 0 Å². The van der Waals surface area contributed by atoms with Gasteiger partial charge in [-0.2, -0.15) is 0 Å². The molecule has 0 bridgehead atoms. The molecule has 0 aromatic heterocycles. The monoisotopic (exact) mass is 300 g/mol. The molecule has 2 rings (SSSR count). The van der Waals surface area contributed by atoms with Crippen LogP contribution in [-0.4, -0.2) is 21.3 Å². The van der Waals surface area contributed by atoms with Gasteiger partial charge in [0.25, 0.3) is 0 Å². The van der Waals surface area contributed by atoms with Crippen molar-refractivity contribution in [3.05, 3.63) is 59.7 Å². The van der Waals surface area contributed by atoms with Crippen LogP contribution < -0.4 is 0 Å². The molecule has 116 valence electrons. The van der Waals surface area contributed by atoms with Gasteiger partial charge in [-0.05, 0) is 18.6 Å². The molecule has 0 aliphatic carbocycles. The first-order valence-corrected chi connectivity index (χ1v) is 7.16. The Bertz CT molecular complexity index is 633. The van der Waals surface area contributed by atoms with E-state index in [2.05, 4.69) is 0 Å². The van der Waals surface area contributed by atoms with Crippen LogP contribution in [0.3, 0.4) is 0 Å². The lowest BCUT2D eigenvalue weighted by Gasteiger charge is -2.33. The number of hydrogen-bond acceptors (Lipinski definition) is 3. The molecule has 1 atom stereocenters. The Kier molecular flexibility index (Phi) is 4.40. The molecule has 0 aliphatic rings. The highest BCUT2D eigenvalue weighted by Gasteiger charge is 2.36. The van der Waals surface area contributed by atoms with Crippen molar-refractivity contribution in [3.63, 3.8) is 0 Å². The van der Waals surface area contributed by atoms with Crippen molar-refractivity contribution >= 4 is 5.97 Å². The number of carboxylic acids is 1. The fourth-order valence-corrected chi connectivity index (χ4v) is 2.95. The molecule has 0 heterocycles. The fraction of sp³-hybridized carbons (Fsp3) is 0.278. The Balaban J connectivity index is 2.62. The third kappa shape index (κ3) is 2.91. The summed E-state index contributed by atoms with van der Waals surface area (Å²) >= 11 is 0. The van der Waals surface area contributed by atoms with Gasteiger partial charge in [0.15, 0.2) is 0 Å². The van der Waals surface area contributed by atoms with Crippen molar-refractivity contribution < 1.29 is 20.1 Å². The molecule has 0 spiro atoms. The number of carboxylic acid groups (broad SMARTS) is 1. The van der Waals surface area contributed by atoms with Crippen molar-refractivity contribution in [3.8, 4) is 11.5 Å². The van der Waals surface area contributed by atoms with E-state index in [9.17, 15) is 20.1 Å². The first kappa shape index (κ1) is 15.9. The maximum atomic E-state index is 11.3. The number of carbonyl (C=O) groups is 1. The maximum Gasteiger partial charge on any atom is 0.306 e. The molecule has 1 unspecified atom stereocenters. The van der Waals surface area contributed by atoms with Crippen molar-refractivity contribution in [1.29, 1.82) is 0 Å². The van der Waals surface area contributed by atoms with Crippen LogP contribution in [0.5, 0.6) is 11.5 Å². The predicted molar refractivity (Wildman–Crippen MR) is 84.1 cm³/mol. The Morgan fingerprint density at radius 1 is 1.00 bits per heavy atom. The van der Waals surface area contributed by atoms with Gasteiger partial charge in [0.05, 0.1) is 5.92 Å². The molecule has 0 saturated carbocycles. The van der Waals surface area contributed by atoms with Crippen molar-refractivity contribution in [2.24, 2.45) is 5.92 Å². The summed E-state index contributed by atoms with van der Waals surface area (Å²) in [5, 5.41) is 29.7. The van der Waals surface area contributed by atoms with Gasteiger partial charge in [0, 0.05) is 16.5 Å². The van der Waals surface area contributed by atoms with E-state index in [4.69, 9.17) is 0 Å². The SMILES string of the molecule is CC(CC(C)(c1ccccc1O)c1ccccc1O)C(=O)O. The lowest BCUT2D eigenvalue weighted by Crippen LogP contribution is -2.29. The van der Waals surface area contributed by atoms with Crippen molar-refractivity contribution in [2.75, 3.05) is 0 Å². The van der Waals surface area contributed by atoms with Crippen LogP contribution in [-0.2, 0) is 10.2 Å². The van der Waals surface area contributed by atoms with E-state index in [-0.39, 0.29) is 17.9 Å². The van der Waals surface area contributed by atoms with Crippen molar-refractivity contribution in [1.82, 2.24) is 0 Å². The number of benzene rings is 2.